The zero-order chi connectivity index (χ0) is 15.0. The van der Waals surface area contributed by atoms with Crippen molar-refractivity contribution in [1.29, 1.82) is 0 Å². The van der Waals surface area contributed by atoms with Crippen LogP contribution in [0.5, 0.6) is 11.5 Å². The summed E-state index contributed by atoms with van der Waals surface area (Å²) in [7, 11) is 0. The highest BCUT2D eigenvalue weighted by molar-refractivity contribution is 9.10. The van der Waals surface area contributed by atoms with E-state index in [4.69, 9.17) is 15.2 Å². The van der Waals surface area contributed by atoms with Crippen LogP contribution in [0, 0.1) is 6.92 Å². The molecule has 0 amide bonds. The number of ether oxygens (including phenoxy) is 2. The molecule has 1 aliphatic rings. The molecule has 0 bridgehead atoms. The van der Waals surface area contributed by atoms with Gasteiger partial charge in [-0.25, -0.2) is 4.98 Å². The Morgan fingerprint density at radius 2 is 2.14 bits per heavy atom. The van der Waals surface area contributed by atoms with Crippen LogP contribution in [-0.4, -0.2) is 18.2 Å². The van der Waals surface area contributed by atoms with E-state index < -0.39 is 0 Å². The summed E-state index contributed by atoms with van der Waals surface area (Å²) >= 11 is 5.19. The molecule has 1 aliphatic heterocycles. The molecule has 1 atom stereocenters. The first-order chi connectivity index (χ1) is 10.1. The zero-order valence-electron chi connectivity index (χ0n) is 12.0. The molecule has 2 heterocycles. The summed E-state index contributed by atoms with van der Waals surface area (Å²) in [6.45, 7) is 5.33. The molecule has 6 heteroatoms. The van der Waals surface area contributed by atoms with Gasteiger partial charge in [-0.1, -0.05) is 6.92 Å². The lowest BCUT2D eigenvalue weighted by molar-refractivity contribution is 0.170. The molecule has 0 spiro atoms. The third kappa shape index (κ3) is 2.80. The van der Waals surface area contributed by atoms with Crippen molar-refractivity contribution in [3.8, 4) is 11.5 Å². The van der Waals surface area contributed by atoms with E-state index in [1.54, 1.807) is 11.3 Å². The monoisotopic (exact) mass is 368 g/mol. The van der Waals surface area contributed by atoms with Gasteiger partial charge >= 0.3 is 0 Å². The lowest BCUT2D eigenvalue weighted by Gasteiger charge is -2.21. The Morgan fingerprint density at radius 3 is 2.86 bits per heavy atom. The second-order valence-electron chi connectivity index (χ2n) is 4.91. The van der Waals surface area contributed by atoms with Crippen molar-refractivity contribution in [3.05, 3.63) is 37.7 Å². The van der Waals surface area contributed by atoms with Crippen molar-refractivity contribution in [2.24, 2.45) is 5.73 Å². The summed E-state index contributed by atoms with van der Waals surface area (Å²) in [4.78, 5) is 5.89. The zero-order valence-corrected chi connectivity index (χ0v) is 14.4. The summed E-state index contributed by atoms with van der Waals surface area (Å²) < 4.78 is 12.1. The van der Waals surface area contributed by atoms with Crippen LogP contribution in [0.25, 0.3) is 0 Å². The number of aromatic nitrogens is 1. The van der Waals surface area contributed by atoms with E-state index in [1.165, 1.54) is 4.88 Å². The molecule has 112 valence electrons. The predicted molar refractivity (Wildman–Crippen MR) is 87.4 cm³/mol. The fraction of sp³-hybridized carbons (Fsp3) is 0.400. The van der Waals surface area contributed by atoms with Crippen LogP contribution in [0.2, 0.25) is 0 Å². The molecule has 1 aromatic carbocycles. The van der Waals surface area contributed by atoms with Crippen molar-refractivity contribution in [2.45, 2.75) is 26.3 Å². The standard InChI is InChI=1S/C15H17BrN2O2S/c1-3-11-8(2)21-15(18-11)13(17)9-6-10(16)14-12(7-9)19-4-5-20-14/h6-7,13H,3-5,17H2,1-2H3. The highest BCUT2D eigenvalue weighted by atomic mass is 79.9. The van der Waals surface area contributed by atoms with Crippen LogP contribution in [0.3, 0.4) is 0 Å². The van der Waals surface area contributed by atoms with Crippen molar-refractivity contribution in [2.75, 3.05) is 13.2 Å². The van der Waals surface area contributed by atoms with Crippen LogP contribution in [0.1, 0.15) is 34.1 Å². The van der Waals surface area contributed by atoms with E-state index in [0.717, 1.165) is 38.7 Å². The summed E-state index contributed by atoms with van der Waals surface area (Å²) in [6.07, 6.45) is 0.930. The Balaban J connectivity index is 1.97. The smallest absolute Gasteiger partial charge is 0.175 e. The number of nitrogens with two attached hydrogens (primary N) is 1. The quantitative estimate of drug-likeness (QED) is 0.898. The summed E-state index contributed by atoms with van der Waals surface area (Å²) in [5.74, 6) is 1.49. The Kier molecular flexibility index (Phi) is 4.19. The lowest BCUT2D eigenvalue weighted by atomic mass is 10.1. The highest BCUT2D eigenvalue weighted by Crippen LogP contribution is 2.40. The minimum absolute atomic E-state index is 0.249. The van der Waals surface area contributed by atoms with E-state index in [0.29, 0.717) is 13.2 Å². The molecule has 0 saturated carbocycles. The Morgan fingerprint density at radius 1 is 1.38 bits per heavy atom. The van der Waals surface area contributed by atoms with Gasteiger partial charge in [-0.05, 0) is 47.0 Å². The van der Waals surface area contributed by atoms with E-state index >= 15 is 0 Å². The van der Waals surface area contributed by atoms with E-state index in [1.807, 2.05) is 12.1 Å². The largest absolute Gasteiger partial charge is 0.486 e. The number of rotatable bonds is 3. The number of aryl methyl sites for hydroxylation is 2. The van der Waals surface area contributed by atoms with Crippen LogP contribution in [-0.2, 0) is 6.42 Å². The van der Waals surface area contributed by atoms with Gasteiger partial charge in [0.2, 0.25) is 0 Å². The molecule has 21 heavy (non-hydrogen) atoms. The molecule has 0 fully saturated rings. The molecular formula is C15H17BrN2O2S. The molecular weight excluding hydrogens is 352 g/mol. The second kappa shape index (κ2) is 5.94. The molecule has 1 aromatic heterocycles. The van der Waals surface area contributed by atoms with Crippen LogP contribution in [0.4, 0.5) is 0 Å². The lowest BCUT2D eigenvalue weighted by Crippen LogP contribution is -2.17. The summed E-state index contributed by atoms with van der Waals surface area (Å²) in [5.41, 5.74) is 8.49. The molecule has 2 N–H and O–H groups in total. The number of benzene rings is 1. The van der Waals surface area contributed by atoms with Gasteiger partial charge in [0.05, 0.1) is 16.2 Å². The van der Waals surface area contributed by atoms with Crippen molar-refractivity contribution < 1.29 is 9.47 Å². The summed E-state index contributed by atoms with van der Waals surface area (Å²) in [5, 5.41) is 0.938. The van der Waals surface area contributed by atoms with Gasteiger partial charge in [-0.15, -0.1) is 11.3 Å². The van der Waals surface area contributed by atoms with E-state index in [-0.39, 0.29) is 6.04 Å². The number of nitrogens with zero attached hydrogens (tertiary/aromatic N) is 1. The Hall–Kier alpha value is -1.11. The number of hydrogen-bond acceptors (Lipinski definition) is 5. The maximum absolute atomic E-state index is 6.39. The molecule has 2 aromatic rings. The van der Waals surface area contributed by atoms with Crippen LogP contribution >= 0.6 is 27.3 Å². The minimum Gasteiger partial charge on any atom is -0.486 e. The third-order valence-electron chi connectivity index (χ3n) is 3.49. The van der Waals surface area contributed by atoms with Gasteiger partial charge in [0, 0.05) is 4.88 Å². The third-order valence-corrected chi connectivity index (χ3v) is 5.17. The van der Waals surface area contributed by atoms with Crippen molar-refractivity contribution in [3.63, 3.8) is 0 Å². The first kappa shape index (κ1) is 14.8. The molecule has 0 aliphatic carbocycles. The van der Waals surface area contributed by atoms with Gasteiger partial charge in [0.1, 0.15) is 18.2 Å². The SMILES string of the molecule is CCc1nc(C(N)c2cc(Br)c3c(c2)OCCO3)sc1C. The van der Waals surface area contributed by atoms with Gasteiger partial charge in [-0.3, -0.25) is 0 Å². The van der Waals surface area contributed by atoms with Crippen LogP contribution in [0.15, 0.2) is 16.6 Å². The Labute approximate surface area is 136 Å². The van der Waals surface area contributed by atoms with E-state index in [9.17, 15) is 0 Å². The minimum atomic E-state index is -0.249. The average molecular weight is 369 g/mol. The second-order valence-corrected chi connectivity index (χ2v) is 7.00. The van der Waals surface area contributed by atoms with Crippen molar-refractivity contribution >= 4 is 27.3 Å². The number of hydrogen-bond donors (Lipinski definition) is 1. The molecule has 0 saturated heterocycles. The van der Waals surface area contributed by atoms with E-state index in [2.05, 4.69) is 34.8 Å². The molecule has 1 unspecified atom stereocenters. The first-order valence-corrected chi connectivity index (χ1v) is 8.52. The highest BCUT2D eigenvalue weighted by Gasteiger charge is 2.21. The maximum Gasteiger partial charge on any atom is 0.175 e. The number of thiazole rings is 1. The van der Waals surface area contributed by atoms with Gasteiger partial charge in [-0.2, -0.15) is 0 Å². The van der Waals surface area contributed by atoms with Gasteiger partial charge in [0.15, 0.2) is 11.5 Å². The fourth-order valence-electron chi connectivity index (χ4n) is 2.36. The summed E-state index contributed by atoms with van der Waals surface area (Å²) in [6, 6.07) is 3.69. The number of halogens is 1. The number of fused-ring (bicyclic) bond motifs is 1. The van der Waals surface area contributed by atoms with Crippen LogP contribution < -0.4 is 15.2 Å². The Bertz CT molecular complexity index is 672. The first-order valence-electron chi connectivity index (χ1n) is 6.91. The fourth-order valence-corrected chi connectivity index (χ4v) is 3.98. The van der Waals surface area contributed by atoms with Gasteiger partial charge < -0.3 is 15.2 Å². The molecule has 3 rings (SSSR count). The molecule has 4 nitrogen and oxygen atoms in total. The maximum atomic E-state index is 6.39. The van der Waals surface area contributed by atoms with Gasteiger partial charge in [0.25, 0.3) is 0 Å². The average Bonchev–Trinajstić information content (AvgIpc) is 2.87. The normalized spacial score (nSPS) is 15.0. The predicted octanol–water partition coefficient (Wildman–Crippen LogP) is 3.60. The topological polar surface area (TPSA) is 57.4 Å². The van der Waals surface area contributed by atoms with Crippen molar-refractivity contribution in [1.82, 2.24) is 4.98 Å². The molecule has 0 radical (unpaired) electrons.